The molecule has 0 saturated carbocycles. The predicted molar refractivity (Wildman–Crippen MR) is 111 cm³/mol. The Morgan fingerprint density at radius 3 is 2.55 bits per heavy atom. The monoisotopic (exact) mass is 426 g/mol. The van der Waals surface area contributed by atoms with Crippen LogP contribution in [0.4, 0.5) is 24.5 Å². The van der Waals surface area contributed by atoms with Crippen molar-refractivity contribution in [2.75, 3.05) is 17.7 Å². The number of nitrogens with one attached hydrogen (secondary N) is 1. The highest BCUT2D eigenvalue weighted by Gasteiger charge is 2.33. The Balaban J connectivity index is 1.51. The van der Waals surface area contributed by atoms with Gasteiger partial charge in [-0.15, -0.1) is 0 Å². The van der Waals surface area contributed by atoms with Crippen molar-refractivity contribution in [1.82, 2.24) is 9.38 Å². The molecule has 0 atom stereocenters. The zero-order valence-electron chi connectivity index (χ0n) is 16.1. The molecular weight excluding hydrogens is 409 g/mol. The maximum Gasteiger partial charge on any atom is 0.418 e. The first-order valence-corrected chi connectivity index (χ1v) is 9.24. The molecule has 2 heterocycles. The largest absolute Gasteiger partial charge is 0.480 e. The lowest BCUT2D eigenvalue weighted by atomic mass is 10.1. The molecule has 1 amide bonds. The van der Waals surface area contributed by atoms with E-state index in [4.69, 9.17) is 10.5 Å². The number of aromatic nitrogens is 2. The molecule has 0 unspecified atom stereocenters. The first-order valence-electron chi connectivity index (χ1n) is 9.24. The number of para-hydroxylation sites is 1. The minimum atomic E-state index is -4.58. The number of fused-ring (bicyclic) bond motifs is 1. The van der Waals surface area contributed by atoms with Gasteiger partial charge in [0.2, 0.25) is 0 Å². The second kappa shape index (κ2) is 8.02. The van der Waals surface area contributed by atoms with E-state index in [2.05, 4.69) is 10.3 Å². The van der Waals surface area contributed by atoms with Crippen LogP contribution in [0.25, 0.3) is 16.9 Å². The van der Waals surface area contributed by atoms with Gasteiger partial charge >= 0.3 is 6.18 Å². The van der Waals surface area contributed by atoms with Crippen molar-refractivity contribution in [3.8, 4) is 17.0 Å². The van der Waals surface area contributed by atoms with Gasteiger partial charge in [-0.2, -0.15) is 13.2 Å². The van der Waals surface area contributed by atoms with Crippen molar-refractivity contribution in [3.05, 3.63) is 78.6 Å². The van der Waals surface area contributed by atoms with Crippen LogP contribution in [-0.2, 0) is 11.0 Å². The van der Waals surface area contributed by atoms with E-state index in [0.717, 1.165) is 11.6 Å². The fourth-order valence-electron chi connectivity index (χ4n) is 3.06. The summed E-state index contributed by atoms with van der Waals surface area (Å²) in [5, 5.41) is 2.25. The van der Waals surface area contributed by atoms with Crippen LogP contribution >= 0.6 is 0 Å². The maximum atomic E-state index is 13.1. The number of hydrogen-bond acceptors (Lipinski definition) is 4. The highest BCUT2D eigenvalue weighted by Crippen LogP contribution is 2.34. The molecule has 0 radical (unpaired) electrons. The summed E-state index contributed by atoms with van der Waals surface area (Å²) in [4.78, 5) is 16.8. The van der Waals surface area contributed by atoms with E-state index >= 15 is 0 Å². The van der Waals surface area contributed by atoms with Gasteiger partial charge in [0, 0.05) is 23.6 Å². The Morgan fingerprint density at radius 2 is 1.81 bits per heavy atom. The van der Waals surface area contributed by atoms with Gasteiger partial charge in [0.15, 0.2) is 18.0 Å². The number of halogens is 3. The van der Waals surface area contributed by atoms with Crippen molar-refractivity contribution in [2.24, 2.45) is 0 Å². The fourth-order valence-corrected chi connectivity index (χ4v) is 3.06. The standard InChI is InChI=1S/C22H17F3N4O2/c23-22(24,25)16-4-1-2-5-17(16)27-20(30)13-31-19-6-3-11-29-12-18(28-21(19)29)14-7-9-15(26)10-8-14/h1-12H,13,26H2,(H,27,30). The molecule has 31 heavy (non-hydrogen) atoms. The third-order valence-corrected chi connectivity index (χ3v) is 4.52. The number of rotatable bonds is 5. The number of alkyl halides is 3. The number of pyridine rings is 1. The highest BCUT2D eigenvalue weighted by atomic mass is 19.4. The molecule has 3 N–H and O–H groups in total. The Bertz CT molecular complexity index is 1230. The zero-order chi connectivity index (χ0) is 22.0. The van der Waals surface area contributed by atoms with E-state index in [1.54, 1.807) is 41.1 Å². The van der Waals surface area contributed by atoms with Gasteiger partial charge in [0.25, 0.3) is 5.91 Å². The van der Waals surface area contributed by atoms with E-state index in [1.165, 1.54) is 18.2 Å². The summed E-state index contributed by atoms with van der Waals surface area (Å²) in [6.45, 7) is -0.476. The van der Waals surface area contributed by atoms with Crippen molar-refractivity contribution in [1.29, 1.82) is 0 Å². The minimum Gasteiger partial charge on any atom is -0.480 e. The molecule has 2 aromatic carbocycles. The van der Waals surface area contributed by atoms with Gasteiger partial charge in [-0.05, 0) is 36.4 Å². The number of nitrogens with zero attached hydrogens (tertiary/aromatic N) is 2. The van der Waals surface area contributed by atoms with Crippen LogP contribution in [0, 0.1) is 0 Å². The summed E-state index contributed by atoms with van der Waals surface area (Å²) >= 11 is 0. The number of nitrogen functional groups attached to an aromatic ring is 1. The zero-order valence-corrected chi connectivity index (χ0v) is 16.1. The predicted octanol–water partition coefficient (Wildman–Crippen LogP) is 4.62. The average molecular weight is 426 g/mol. The average Bonchev–Trinajstić information content (AvgIpc) is 3.17. The number of ether oxygens (including phenoxy) is 1. The molecule has 0 aliphatic heterocycles. The Morgan fingerprint density at radius 1 is 1.06 bits per heavy atom. The molecule has 0 bridgehead atoms. The summed E-state index contributed by atoms with van der Waals surface area (Å²) in [6, 6.07) is 15.3. The molecule has 4 aromatic rings. The number of amides is 1. The summed E-state index contributed by atoms with van der Waals surface area (Å²) in [5.41, 5.74) is 7.10. The number of carbonyl (C=O) groups excluding carboxylic acids is 1. The molecular formula is C22H17F3N4O2. The highest BCUT2D eigenvalue weighted by molar-refractivity contribution is 5.92. The van der Waals surface area contributed by atoms with Crippen molar-refractivity contribution < 1.29 is 22.7 Å². The van der Waals surface area contributed by atoms with E-state index in [1.807, 2.05) is 12.1 Å². The van der Waals surface area contributed by atoms with Crippen LogP contribution in [0.3, 0.4) is 0 Å². The maximum absolute atomic E-state index is 13.1. The SMILES string of the molecule is Nc1ccc(-c2cn3cccc(OCC(=O)Nc4ccccc4C(F)(F)F)c3n2)cc1. The smallest absolute Gasteiger partial charge is 0.418 e. The Kier molecular flexibility index (Phi) is 5.24. The molecule has 6 nitrogen and oxygen atoms in total. The second-order valence-corrected chi connectivity index (χ2v) is 6.73. The lowest BCUT2D eigenvalue weighted by Gasteiger charge is -2.13. The molecule has 0 aliphatic rings. The summed E-state index contributed by atoms with van der Waals surface area (Å²) in [6.07, 6.45) is -1.01. The number of nitrogens with two attached hydrogens (primary N) is 1. The van der Waals surface area contributed by atoms with E-state index in [-0.39, 0.29) is 5.69 Å². The van der Waals surface area contributed by atoms with E-state index in [9.17, 15) is 18.0 Å². The van der Waals surface area contributed by atoms with Gasteiger partial charge in [0.05, 0.1) is 16.9 Å². The quantitative estimate of drug-likeness (QED) is 0.457. The third kappa shape index (κ3) is 4.45. The lowest BCUT2D eigenvalue weighted by Crippen LogP contribution is -2.22. The van der Waals surface area contributed by atoms with Crippen molar-refractivity contribution in [2.45, 2.75) is 6.18 Å². The van der Waals surface area contributed by atoms with E-state index < -0.39 is 24.3 Å². The Labute approximate surface area is 175 Å². The van der Waals surface area contributed by atoms with E-state index in [0.29, 0.717) is 22.8 Å². The van der Waals surface area contributed by atoms with Crippen LogP contribution < -0.4 is 15.8 Å². The molecule has 0 saturated heterocycles. The molecule has 4 rings (SSSR count). The molecule has 158 valence electrons. The van der Waals surface area contributed by atoms with Gasteiger partial charge in [0.1, 0.15) is 0 Å². The topological polar surface area (TPSA) is 81.6 Å². The normalized spacial score (nSPS) is 11.5. The summed E-state index contributed by atoms with van der Waals surface area (Å²) < 4.78 is 46.5. The molecule has 0 fully saturated rings. The first kappa shape index (κ1) is 20.3. The fraction of sp³-hybridized carbons (Fsp3) is 0.0909. The number of hydrogen-bond donors (Lipinski definition) is 2. The van der Waals surface area contributed by atoms with Gasteiger partial charge in [-0.3, -0.25) is 4.79 Å². The molecule has 2 aromatic heterocycles. The van der Waals surface area contributed by atoms with Crippen LogP contribution in [0.2, 0.25) is 0 Å². The number of benzene rings is 2. The van der Waals surface area contributed by atoms with Gasteiger partial charge in [-0.1, -0.05) is 24.3 Å². The van der Waals surface area contributed by atoms with Gasteiger partial charge < -0.3 is 20.2 Å². The van der Waals surface area contributed by atoms with Crippen LogP contribution in [0.5, 0.6) is 5.75 Å². The number of carbonyl (C=O) groups is 1. The summed E-state index contributed by atoms with van der Waals surface area (Å²) in [5.74, 6) is -0.396. The lowest BCUT2D eigenvalue weighted by molar-refractivity contribution is -0.137. The second-order valence-electron chi connectivity index (χ2n) is 6.73. The van der Waals surface area contributed by atoms with Crippen LogP contribution in [0.15, 0.2) is 73.1 Å². The van der Waals surface area contributed by atoms with Gasteiger partial charge in [-0.25, -0.2) is 4.98 Å². The van der Waals surface area contributed by atoms with Crippen molar-refractivity contribution in [3.63, 3.8) is 0 Å². The Hall–Kier alpha value is -4.01. The minimum absolute atomic E-state index is 0.323. The molecule has 9 heteroatoms. The molecule has 0 aliphatic carbocycles. The van der Waals surface area contributed by atoms with Crippen molar-refractivity contribution >= 4 is 22.9 Å². The first-order chi connectivity index (χ1) is 14.8. The number of imidazole rings is 1. The third-order valence-electron chi connectivity index (χ3n) is 4.52. The van der Waals surface area contributed by atoms with Crippen LogP contribution in [-0.4, -0.2) is 21.9 Å². The number of anilines is 2. The summed E-state index contributed by atoms with van der Waals surface area (Å²) in [7, 11) is 0. The molecule has 0 spiro atoms. The van der Waals surface area contributed by atoms with Crippen LogP contribution in [0.1, 0.15) is 5.56 Å².